The maximum absolute atomic E-state index is 12.0. The molecule has 0 heterocycles. The molecule has 2 rings (SSSR count). The molecule has 0 radical (unpaired) electrons. The predicted molar refractivity (Wildman–Crippen MR) is 79.5 cm³/mol. The number of Topliss-reactive ketones (excluding diaryl/α,β-unsaturated/α-hetero) is 1. The number of nitro benzene ring substituents is 1. The molecule has 2 aromatic rings. The molecular weight excluding hydrogens is 310 g/mol. The lowest BCUT2D eigenvalue weighted by atomic mass is 10.1. The van der Waals surface area contributed by atoms with Gasteiger partial charge in [0.05, 0.1) is 10.5 Å². The molecule has 2 aromatic carbocycles. The molecule has 0 aliphatic carbocycles. The van der Waals surface area contributed by atoms with E-state index in [1.807, 2.05) is 0 Å². The van der Waals surface area contributed by atoms with E-state index >= 15 is 0 Å². The van der Waals surface area contributed by atoms with Gasteiger partial charge < -0.3 is 4.74 Å². The fraction of sp³-hybridized carbons (Fsp3) is 0.0667. The van der Waals surface area contributed by atoms with Gasteiger partial charge in [0.15, 0.2) is 5.78 Å². The number of hydrogen-bond acceptors (Lipinski definition) is 5. The van der Waals surface area contributed by atoms with E-state index in [2.05, 4.69) is 0 Å². The molecule has 0 unspecified atom stereocenters. The Labute approximate surface area is 130 Å². The molecular formula is C15H10ClNO5. The van der Waals surface area contributed by atoms with Crippen LogP contribution in [-0.2, 0) is 0 Å². The van der Waals surface area contributed by atoms with Gasteiger partial charge >= 0.3 is 5.97 Å². The zero-order valence-electron chi connectivity index (χ0n) is 11.4. The molecule has 0 saturated heterocycles. The van der Waals surface area contributed by atoms with Crippen molar-refractivity contribution < 1.29 is 19.2 Å². The van der Waals surface area contributed by atoms with Crippen LogP contribution in [0.3, 0.4) is 0 Å². The molecule has 0 aliphatic heterocycles. The highest BCUT2D eigenvalue weighted by Crippen LogP contribution is 2.25. The number of halogens is 1. The maximum atomic E-state index is 12.0. The van der Waals surface area contributed by atoms with Crippen molar-refractivity contribution in [3.8, 4) is 5.75 Å². The maximum Gasteiger partial charge on any atom is 0.343 e. The van der Waals surface area contributed by atoms with Gasteiger partial charge in [0, 0.05) is 11.6 Å². The normalized spacial score (nSPS) is 10.1. The van der Waals surface area contributed by atoms with Crippen molar-refractivity contribution in [2.24, 2.45) is 0 Å². The van der Waals surface area contributed by atoms with E-state index in [0.717, 1.165) is 6.07 Å². The second-order valence-electron chi connectivity index (χ2n) is 4.39. The summed E-state index contributed by atoms with van der Waals surface area (Å²) in [5.74, 6) is -0.630. The summed E-state index contributed by atoms with van der Waals surface area (Å²) in [6.45, 7) is 1.42. The number of rotatable bonds is 4. The van der Waals surface area contributed by atoms with Crippen LogP contribution in [0.5, 0.6) is 5.75 Å². The van der Waals surface area contributed by atoms with Crippen LogP contribution in [-0.4, -0.2) is 16.7 Å². The number of nitro groups is 1. The Bertz CT molecular complexity index is 755. The van der Waals surface area contributed by atoms with E-state index in [1.54, 1.807) is 0 Å². The molecule has 112 valence electrons. The number of ether oxygens (including phenoxy) is 1. The smallest absolute Gasteiger partial charge is 0.343 e. The third kappa shape index (κ3) is 3.48. The van der Waals surface area contributed by atoms with Crippen LogP contribution in [0.2, 0.25) is 5.02 Å². The van der Waals surface area contributed by atoms with Crippen molar-refractivity contribution in [3.63, 3.8) is 0 Å². The fourth-order valence-corrected chi connectivity index (χ4v) is 1.89. The Kier molecular flexibility index (Phi) is 4.53. The SMILES string of the molecule is CC(=O)c1ccc(OC(=O)c2ccc(Cl)c([N+](=O)[O-])c2)cc1. The largest absolute Gasteiger partial charge is 0.423 e. The van der Waals surface area contributed by atoms with E-state index in [4.69, 9.17) is 16.3 Å². The van der Waals surface area contributed by atoms with Crippen LogP contribution >= 0.6 is 11.6 Å². The summed E-state index contributed by atoms with van der Waals surface area (Å²) >= 11 is 5.68. The van der Waals surface area contributed by atoms with E-state index in [-0.39, 0.29) is 27.8 Å². The summed E-state index contributed by atoms with van der Waals surface area (Å²) in [6.07, 6.45) is 0. The van der Waals surface area contributed by atoms with E-state index in [0.29, 0.717) is 5.56 Å². The number of nitrogens with zero attached hydrogens (tertiary/aromatic N) is 1. The monoisotopic (exact) mass is 319 g/mol. The first kappa shape index (κ1) is 15.7. The summed E-state index contributed by atoms with van der Waals surface area (Å²) in [6, 6.07) is 9.63. The summed E-state index contributed by atoms with van der Waals surface area (Å²) in [5, 5.41) is 10.7. The van der Waals surface area contributed by atoms with Gasteiger partial charge in [0.2, 0.25) is 0 Å². The molecule has 0 aliphatic rings. The molecule has 0 N–H and O–H groups in total. The number of benzene rings is 2. The van der Waals surface area contributed by atoms with Crippen molar-refractivity contribution in [2.75, 3.05) is 0 Å². The zero-order chi connectivity index (χ0) is 16.3. The Morgan fingerprint density at radius 1 is 1.09 bits per heavy atom. The standard InChI is InChI=1S/C15H10ClNO5/c1-9(18)10-2-5-12(6-3-10)22-15(19)11-4-7-13(16)14(8-11)17(20)21/h2-8H,1H3. The number of carbonyl (C=O) groups excluding carboxylic acids is 2. The van der Waals surface area contributed by atoms with Gasteiger partial charge in [-0.3, -0.25) is 14.9 Å². The second-order valence-corrected chi connectivity index (χ2v) is 4.80. The Morgan fingerprint density at radius 2 is 1.68 bits per heavy atom. The third-order valence-electron chi connectivity index (χ3n) is 2.85. The minimum Gasteiger partial charge on any atom is -0.423 e. The minimum absolute atomic E-state index is 0.00624. The molecule has 7 heteroatoms. The van der Waals surface area contributed by atoms with Crippen molar-refractivity contribution in [1.82, 2.24) is 0 Å². The van der Waals surface area contributed by atoms with Crippen molar-refractivity contribution in [3.05, 3.63) is 68.7 Å². The number of esters is 1. The molecule has 0 bridgehead atoms. The number of ketones is 1. The van der Waals surface area contributed by atoms with Gasteiger partial charge in [-0.2, -0.15) is 0 Å². The molecule has 0 saturated carbocycles. The summed E-state index contributed by atoms with van der Waals surface area (Å²) in [7, 11) is 0. The van der Waals surface area contributed by atoms with E-state index < -0.39 is 10.9 Å². The number of hydrogen-bond donors (Lipinski definition) is 0. The second kappa shape index (κ2) is 6.36. The molecule has 0 amide bonds. The highest BCUT2D eigenvalue weighted by Gasteiger charge is 2.17. The first-order valence-electron chi connectivity index (χ1n) is 6.15. The first-order chi connectivity index (χ1) is 10.4. The molecule has 0 fully saturated rings. The van der Waals surface area contributed by atoms with Gasteiger partial charge in [0.25, 0.3) is 5.69 Å². The molecule has 22 heavy (non-hydrogen) atoms. The molecule has 6 nitrogen and oxygen atoms in total. The first-order valence-corrected chi connectivity index (χ1v) is 6.53. The van der Waals surface area contributed by atoms with Crippen molar-refractivity contribution >= 4 is 29.0 Å². The fourth-order valence-electron chi connectivity index (χ4n) is 1.70. The quantitative estimate of drug-likeness (QED) is 0.282. The average molecular weight is 320 g/mol. The Hall–Kier alpha value is -2.73. The lowest BCUT2D eigenvalue weighted by Crippen LogP contribution is -2.09. The average Bonchev–Trinajstić information content (AvgIpc) is 2.47. The van der Waals surface area contributed by atoms with Gasteiger partial charge in [-0.05, 0) is 43.3 Å². The Balaban J connectivity index is 2.20. The molecule has 0 aromatic heterocycles. The van der Waals surface area contributed by atoms with E-state index in [9.17, 15) is 19.7 Å². The lowest BCUT2D eigenvalue weighted by Gasteiger charge is -2.05. The van der Waals surface area contributed by atoms with Gasteiger partial charge in [-0.25, -0.2) is 4.79 Å². The summed E-state index contributed by atoms with van der Waals surface area (Å²) in [5.41, 5.74) is 0.122. The van der Waals surface area contributed by atoms with Crippen molar-refractivity contribution in [1.29, 1.82) is 0 Å². The summed E-state index contributed by atoms with van der Waals surface area (Å²) < 4.78 is 5.09. The van der Waals surface area contributed by atoms with Gasteiger partial charge in [-0.15, -0.1) is 0 Å². The zero-order valence-corrected chi connectivity index (χ0v) is 12.2. The lowest BCUT2D eigenvalue weighted by molar-refractivity contribution is -0.384. The van der Waals surface area contributed by atoms with E-state index in [1.165, 1.54) is 43.3 Å². The highest BCUT2D eigenvalue weighted by atomic mass is 35.5. The van der Waals surface area contributed by atoms with Gasteiger partial charge in [0.1, 0.15) is 10.8 Å². The third-order valence-corrected chi connectivity index (χ3v) is 3.17. The number of carbonyl (C=O) groups is 2. The van der Waals surface area contributed by atoms with Crippen LogP contribution in [0.15, 0.2) is 42.5 Å². The van der Waals surface area contributed by atoms with Crippen LogP contribution in [0.25, 0.3) is 0 Å². The molecule has 0 spiro atoms. The van der Waals surface area contributed by atoms with Crippen LogP contribution in [0, 0.1) is 10.1 Å². The van der Waals surface area contributed by atoms with Crippen LogP contribution in [0.1, 0.15) is 27.6 Å². The van der Waals surface area contributed by atoms with Crippen LogP contribution < -0.4 is 4.74 Å². The van der Waals surface area contributed by atoms with Crippen molar-refractivity contribution in [2.45, 2.75) is 6.92 Å². The topological polar surface area (TPSA) is 86.5 Å². The van der Waals surface area contributed by atoms with Gasteiger partial charge in [-0.1, -0.05) is 11.6 Å². The highest BCUT2D eigenvalue weighted by molar-refractivity contribution is 6.32. The molecule has 0 atom stereocenters. The van der Waals surface area contributed by atoms with Crippen LogP contribution in [0.4, 0.5) is 5.69 Å². The summed E-state index contributed by atoms with van der Waals surface area (Å²) in [4.78, 5) is 33.2. The predicted octanol–water partition coefficient (Wildman–Crippen LogP) is 3.67. The minimum atomic E-state index is -0.754. The Morgan fingerprint density at radius 3 is 2.23 bits per heavy atom.